The summed E-state index contributed by atoms with van der Waals surface area (Å²) in [5.74, 6) is -4.44. The van der Waals surface area contributed by atoms with E-state index in [4.69, 9.17) is 4.78 Å². The average Bonchev–Trinajstić information content (AvgIpc) is 3.62. The fourth-order valence-corrected chi connectivity index (χ4v) is 6.05. The second kappa shape index (κ2) is 7.23. The molecule has 0 aliphatic heterocycles. The summed E-state index contributed by atoms with van der Waals surface area (Å²) in [6.45, 7) is 1.38. The van der Waals surface area contributed by atoms with E-state index in [2.05, 4.69) is 15.4 Å². The minimum Gasteiger partial charge on any atom is -0.320 e. The summed E-state index contributed by atoms with van der Waals surface area (Å²) in [7, 11) is -3.23. The summed E-state index contributed by atoms with van der Waals surface area (Å²) in [6, 6.07) is 2.46. The Balaban J connectivity index is 1.56. The van der Waals surface area contributed by atoms with Crippen molar-refractivity contribution in [1.29, 1.82) is 4.78 Å². The van der Waals surface area contributed by atoms with Crippen molar-refractivity contribution in [1.82, 2.24) is 14.8 Å². The number of carbonyl (C=O) groups is 1. The fraction of sp³-hybridized carbons (Fsp3) is 0.591. The molecule has 5 rings (SSSR count). The van der Waals surface area contributed by atoms with Gasteiger partial charge >= 0.3 is 6.18 Å². The highest BCUT2D eigenvalue weighted by atomic mass is 32.2. The molecule has 0 aromatic carbocycles. The first-order chi connectivity index (χ1) is 16.1. The second-order valence-corrected chi connectivity index (χ2v) is 12.3. The molecule has 1 amide bonds. The smallest absolute Gasteiger partial charge is 0.320 e. The van der Waals surface area contributed by atoms with Crippen LogP contribution in [0.5, 0.6) is 0 Å². The largest absolute Gasteiger partial charge is 0.420 e. The van der Waals surface area contributed by atoms with Gasteiger partial charge in [0.25, 0.3) is 11.8 Å². The van der Waals surface area contributed by atoms with E-state index in [1.165, 1.54) is 12.3 Å². The van der Waals surface area contributed by atoms with Gasteiger partial charge in [-0.1, -0.05) is 6.92 Å². The Morgan fingerprint density at radius 3 is 2.49 bits per heavy atom. The molecule has 1 spiro atoms. The third kappa shape index (κ3) is 3.82. The molecule has 35 heavy (non-hydrogen) atoms. The number of nitrogens with one attached hydrogen (secondary N) is 2. The van der Waals surface area contributed by atoms with Crippen LogP contribution in [0.15, 0.2) is 23.4 Å². The highest BCUT2D eigenvalue weighted by Crippen LogP contribution is 2.78. The molecule has 2 atom stereocenters. The van der Waals surface area contributed by atoms with Gasteiger partial charge in [0.1, 0.15) is 16.3 Å². The van der Waals surface area contributed by atoms with Gasteiger partial charge in [-0.05, 0) is 37.8 Å². The highest BCUT2D eigenvalue weighted by molar-refractivity contribution is 7.91. The Morgan fingerprint density at radius 2 is 1.97 bits per heavy atom. The van der Waals surface area contributed by atoms with Gasteiger partial charge in [-0.15, -0.1) is 0 Å². The molecule has 0 saturated heterocycles. The van der Waals surface area contributed by atoms with Gasteiger partial charge in [0.15, 0.2) is 0 Å². The van der Waals surface area contributed by atoms with Crippen molar-refractivity contribution in [3.8, 4) is 0 Å². The molecule has 0 bridgehead atoms. The molecular formula is C22H24F5N5O2S. The van der Waals surface area contributed by atoms with E-state index in [0.29, 0.717) is 12.8 Å². The lowest BCUT2D eigenvalue weighted by Crippen LogP contribution is -2.59. The summed E-state index contributed by atoms with van der Waals surface area (Å²) in [4.78, 5) is 17.1. The van der Waals surface area contributed by atoms with Crippen LogP contribution in [0.25, 0.3) is 0 Å². The predicted octanol–water partition coefficient (Wildman–Crippen LogP) is 5.29. The number of carbonyl (C=O) groups excluding carboxylic acids is 1. The molecular weight excluding hydrogens is 493 g/mol. The molecule has 190 valence electrons. The van der Waals surface area contributed by atoms with Crippen LogP contribution in [0.1, 0.15) is 66.7 Å². The number of hydrogen-bond donors (Lipinski definition) is 2. The third-order valence-electron chi connectivity index (χ3n) is 7.55. The summed E-state index contributed by atoms with van der Waals surface area (Å²) in [5.41, 5.74) is -4.37. The zero-order chi connectivity index (χ0) is 25.6. The van der Waals surface area contributed by atoms with Crippen LogP contribution in [-0.2, 0) is 22.5 Å². The van der Waals surface area contributed by atoms with Crippen molar-refractivity contribution in [3.05, 3.63) is 35.3 Å². The van der Waals surface area contributed by atoms with E-state index in [-0.39, 0.29) is 35.8 Å². The van der Waals surface area contributed by atoms with E-state index in [1.54, 1.807) is 6.92 Å². The maximum Gasteiger partial charge on any atom is 0.420 e. The lowest BCUT2D eigenvalue weighted by atomic mass is 9.55. The summed E-state index contributed by atoms with van der Waals surface area (Å²) in [5, 5.41) is 6.40. The van der Waals surface area contributed by atoms with Gasteiger partial charge in [0.2, 0.25) is 0 Å². The van der Waals surface area contributed by atoms with Crippen LogP contribution >= 0.6 is 0 Å². The first-order valence-electron chi connectivity index (χ1n) is 11.1. The molecule has 2 aromatic heterocycles. The monoisotopic (exact) mass is 517 g/mol. The predicted molar refractivity (Wildman–Crippen MR) is 116 cm³/mol. The number of nitrogens with zero attached hydrogens (tertiary/aromatic N) is 3. The number of rotatable bonds is 6. The molecule has 2 heterocycles. The Kier molecular flexibility index (Phi) is 4.99. The number of amides is 1. The lowest BCUT2D eigenvalue weighted by molar-refractivity contribution is -0.243. The van der Waals surface area contributed by atoms with Crippen LogP contribution in [0.2, 0.25) is 0 Å². The SMILES string of the molecule is C[C@]1(Cn2nc(C3CC3)c(C(F)(F)F)c2C(=O)Nc2ccnc([S@](C)(=N)=O)c2)CC(F)(F)C12CC2. The van der Waals surface area contributed by atoms with E-state index in [0.717, 1.165) is 17.0 Å². The Hall–Kier alpha value is -2.57. The second-order valence-electron chi connectivity index (χ2n) is 10.2. The van der Waals surface area contributed by atoms with Crippen LogP contribution < -0.4 is 5.32 Å². The molecule has 0 unspecified atom stereocenters. The van der Waals surface area contributed by atoms with E-state index in [1.807, 2.05) is 0 Å². The Labute approximate surface area is 198 Å². The van der Waals surface area contributed by atoms with E-state index < -0.39 is 62.2 Å². The van der Waals surface area contributed by atoms with Gasteiger partial charge < -0.3 is 5.32 Å². The molecule has 2 N–H and O–H groups in total. The Bertz CT molecular complexity index is 1330. The average molecular weight is 518 g/mol. The summed E-state index contributed by atoms with van der Waals surface area (Å²) < 4.78 is 91.9. The molecule has 2 aromatic rings. The quantitative estimate of drug-likeness (QED) is 0.509. The number of hydrogen-bond acceptors (Lipinski definition) is 5. The lowest BCUT2D eigenvalue weighted by Gasteiger charge is -2.54. The van der Waals surface area contributed by atoms with E-state index in [9.17, 15) is 31.0 Å². The first-order valence-corrected chi connectivity index (χ1v) is 13.1. The van der Waals surface area contributed by atoms with Gasteiger partial charge in [-0.2, -0.15) is 18.3 Å². The number of pyridine rings is 1. The third-order valence-corrected chi connectivity index (χ3v) is 8.57. The van der Waals surface area contributed by atoms with Crippen LogP contribution in [0.3, 0.4) is 0 Å². The summed E-state index contributed by atoms with van der Waals surface area (Å²) in [6.07, 6.45) is -1.48. The van der Waals surface area contributed by atoms with Crippen LogP contribution in [0.4, 0.5) is 27.6 Å². The fourth-order valence-electron chi connectivity index (χ4n) is 5.43. The van der Waals surface area contributed by atoms with Gasteiger partial charge in [-0.25, -0.2) is 22.8 Å². The van der Waals surface area contributed by atoms with Crippen molar-refractivity contribution in [2.45, 2.75) is 68.6 Å². The standard InChI is InChI=1S/C22H24F5N5O2S/c1-19(10-21(23,24)20(19)6-7-20)11-32-17(15(22(25,26)27)16(31-32)12-3-4-12)18(33)30-13-5-8-29-14(9-13)35(2,28)34/h5,8-9,12,28H,3-4,6-7,10-11H2,1-2H3,(H,29,30,33)/t19-,35-/m1/s1. The van der Waals surface area contributed by atoms with Gasteiger partial charge in [0, 0.05) is 47.9 Å². The van der Waals surface area contributed by atoms with Crippen molar-refractivity contribution >= 4 is 21.3 Å². The maximum atomic E-state index is 14.3. The van der Waals surface area contributed by atoms with Crippen molar-refractivity contribution in [3.63, 3.8) is 0 Å². The first kappa shape index (κ1) is 24.1. The number of alkyl halides is 5. The van der Waals surface area contributed by atoms with E-state index >= 15 is 0 Å². The zero-order valence-electron chi connectivity index (χ0n) is 19.0. The number of anilines is 1. The topological polar surface area (TPSA) is 101 Å². The maximum absolute atomic E-state index is 14.3. The van der Waals surface area contributed by atoms with Crippen molar-refractivity contribution < 1.29 is 31.0 Å². The minimum absolute atomic E-state index is 0.00993. The minimum atomic E-state index is -4.88. The molecule has 3 aliphatic carbocycles. The molecule has 7 nitrogen and oxygen atoms in total. The molecule has 3 fully saturated rings. The highest BCUT2D eigenvalue weighted by Gasteiger charge is 2.80. The number of aromatic nitrogens is 3. The van der Waals surface area contributed by atoms with Gasteiger partial charge in [-0.3, -0.25) is 9.48 Å². The molecule has 3 saturated carbocycles. The molecule has 13 heteroatoms. The van der Waals surface area contributed by atoms with Gasteiger partial charge in [0.05, 0.1) is 15.4 Å². The molecule has 0 radical (unpaired) electrons. The normalized spacial score (nSPS) is 26.1. The molecule has 3 aliphatic rings. The number of halogens is 5. The zero-order valence-corrected chi connectivity index (χ0v) is 19.8. The van der Waals surface area contributed by atoms with Crippen molar-refractivity contribution in [2.75, 3.05) is 11.6 Å². The van der Waals surface area contributed by atoms with Crippen LogP contribution in [0, 0.1) is 15.6 Å². The Morgan fingerprint density at radius 1 is 1.31 bits per heavy atom. The van der Waals surface area contributed by atoms with Crippen molar-refractivity contribution in [2.24, 2.45) is 10.8 Å². The summed E-state index contributed by atoms with van der Waals surface area (Å²) >= 11 is 0. The van der Waals surface area contributed by atoms with Crippen LogP contribution in [-0.4, -0.2) is 37.1 Å².